The van der Waals surface area contributed by atoms with E-state index in [1.807, 2.05) is 25.2 Å². The standard InChI is InChI=1S/C23H34N2O4/c1-17(14-18-6-11-21-22(15-18)28-16-27-21)24(2)23(26)29-20-9-7-19(8-10-20)25-12-4-3-5-13-25/h6,11,15,17,19-20H,3-5,7-10,12-14,16H2,1-2H3. The van der Waals surface area contributed by atoms with Gasteiger partial charge in [-0.05, 0) is 82.7 Å². The molecule has 0 radical (unpaired) electrons. The van der Waals surface area contributed by atoms with E-state index in [4.69, 9.17) is 14.2 Å². The third-order valence-corrected chi connectivity index (χ3v) is 6.74. The maximum Gasteiger partial charge on any atom is 0.410 e. The molecule has 3 aliphatic rings. The van der Waals surface area contributed by atoms with Crippen molar-refractivity contribution in [1.29, 1.82) is 0 Å². The van der Waals surface area contributed by atoms with Gasteiger partial charge in [0.2, 0.25) is 6.79 Å². The number of nitrogens with zero attached hydrogens (tertiary/aromatic N) is 2. The molecule has 4 rings (SSSR count). The summed E-state index contributed by atoms with van der Waals surface area (Å²) >= 11 is 0. The van der Waals surface area contributed by atoms with Gasteiger partial charge in [0.25, 0.3) is 0 Å². The fraction of sp³-hybridized carbons (Fsp3) is 0.696. The number of amides is 1. The van der Waals surface area contributed by atoms with E-state index in [2.05, 4.69) is 11.8 Å². The van der Waals surface area contributed by atoms with E-state index in [0.717, 1.165) is 49.2 Å². The van der Waals surface area contributed by atoms with Crippen LogP contribution >= 0.6 is 0 Å². The van der Waals surface area contributed by atoms with Crippen LogP contribution in [0.5, 0.6) is 11.5 Å². The molecule has 1 aliphatic carbocycles. The number of piperidine rings is 1. The second-order valence-electron chi connectivity index (χ2n) is 8.76. The molecule has 2 heterocycles. The Labute approximate surface area is 174 Å². The summed E-state index contributed by atoms with van der Waals surface area (Å²) in [6, 6.07) is 6.70. The van der Waals surface area contributed by atoms with Crippen molar-refractivity contribution in [2.75, 3.05) is 26.9 Å². The summed E-state index contributed by atoms with van der Waals surface area (Å²) in [7, 11) is 1.83. The number of fused-ring (bicyclic) bond motifs is 1. The van der Waals surface area contributed by atoms with E-state index < -0.39 is 0 Å². The van der Waals surface area contributed by atoms with Crippen LogP contribution in [0.25, 0.3) is 0 Å². The highest BCUT2D eigenvalue weighted by molar-refractivity contribution is 5.68. The Bertz CT molecular complexity index is 696. The number of carbonyl (C=O) groups excluding carboxylic acids is 1. The van der Waals surface area contributed by atoms with Crippen molar-refractivity contribution in [2.24, 2.45) is 0 Å². The summed E-state index contributed by atoms with van der Waals surface area (Å²) in [4.78, 5) is 17.0. The van der Waals surface area contributed by atoms with Gasteiger partial charge in [-0.1, -0.05) is 12.5 Å². The highest BCUT2D eigenvalue weighted by Gasteiger charge is 2.29. The van der Waals surface area contributed by atoms with Crippen LogP contribution in [0.1, 0.15) is 57.4 Å². The molecule has 0 aromatic heterocycles. The Kier molecular flexibility index (Phi) is 6.48. The smallest absolute Gasteiger partial charge is 0.410 e. The summed E-state index contributed by atoms with van der Waals surface area (Å²) in [5.74, 6) is 1.57. The van der Waals surface area contributed by atoms with Crippen molar-refractivity contribution < 1.29 is 19.0 Å². The number of ether oxygens (including phenoxy) is 3. The van der Waals surface area contributed by atoms with Gasteiger partial charge in [0.15, 0.2) is 11.5 Å². The van der Waals surface area contributed by atoms with Gasteiger partial charge < -0.3 is 24.0 Å². The highest BCUT2D eigenvalue weighted by Crippen LogP contribution is 2.33. The molecule has 1 atom stereocenters. The maximum absolute atomic E-state index is 12.7. The van der Waals surface area contributed by atoms with Crippen molar-refractivity contribution >= 4 is 6.09 Å². The second kappa shape index (κ2) is 9.24. The van der Waals surface area contributed by atoms with Crippen LogP contribution in [-0.4, -0.2) is 61.0 Å². The number of carbonyl (C=O) groups is 1. The lowest BCUT2D eigenvalue weighted by molar-refractivity contribution is 0.0232. The van der Waals surface area contributed by atoms with Crippen molar-refractivity contribution in [3.05, 3.63) is 23.8 Å². The number of hydrogen-bond acceptors (Lipinski definition) is 5. The predicted octanol–water partition coefficient (Wildman–Crippen LogP) is 4.21. The van der Waals surface area contributed by atoms with Gasteiger partial charge in [-0.2, -0.15) is 0 Å². The molecule has 1 unspecified atom stereocenters. The van der Waals surface area contributed by atoms with Crippen LogP contribution < -0.4 is 9.47 Å². The summed E-state index contributed by atoms with van der Waals surface area (Å²) in [5, 5.41) is 0. The summed E-state index contributed by atoms with van der Waals surface area (Å²) in [6.45, 7) is 4.82. The first-order valence-corrected chi connectivity index (χ1v) is 11.2. The minimum absolute atomic E-state index is 0.0487. The van der Waals surface area contributed by atoms with Crippen molar-refractivity contribution in [3.63, 3.8) is 0 Å². The Morgan fingerprint density at radius 1 is 1.14 bits per heavy atom. The zero-order valence-corrected chi connectivity index (χ0v) is 17.8. The SMILES string of the molecule is CC(Cc1ccc2c(c1)OCO2)N(C)C(=O)OC1CCC(N2CCCCC2)CC1. The normalized spacial score (nSPS) is 25.4. The number of rotatable bonds is 5. The number of likely N-dealkylation sites (N-methyl/N-ethyl adjacent to an activating group) is 1. The second-order valence-corrected chi connectivity index (χ2v) is 8.76. The average Bonchev–Trinajstić information content (AvgIpc) is 3.22. The van der Waals surface area contributed by atoms with Crippen molar-refractivity contribution in [3.8, 4) is 11.5 Å². The predicted molar refractivity (Wildman–Crippen MR) is 111 cm³/mol. The fourth-order valence-electron chi connectivity index (χ4n) is 4.76. The van der Waals surface area contributed by atoms with Crippen LogP contribution in [0.4, 0.5) is 4.79 Å². The van der Waals surface area contributed by atoms with Crippen LogP contribution in [-0.2, 0) is 11.2 Å². The van der Waals surface area contributed by atoms with E-state index in [1.54, 1.807) is 4.90 Å². The van der Waals surface area contributed by atoms with E-state index in [-0.39, 0.29) is 25.0 Å². The molecule has 1 aromatic rings. The van der Waals surface area contributed by atoms with E-state index in [0.29, 0.717) is 6.04 Å². The molecule has 1 saturated carbocycles. The summed E-state index contributed by atoms with van der Waals surface area (Å²) in [5.41, 5.74) is 1.13. The Hall–Kier alpha value is -1.95. The molecule has 6 nitrogen and oxygen atoms in total. The van der Waals surface area contributed by atoms with E-state index in [9.17, 15) is 4.79 Å². The molecule has 0 N–H and O–H groups in total. The quantitative estimate of drug-likeness (QED) is 0.738. The van der Waals surface area contributed by atoms with Gasteiger partial charge in [-0.3, -0.25) is 0 Å². The van der Waals surface area contributed by atoms with Crippen LogP contribution in [0.3, 0.4) is 0 Å². The van der Waals surface area contributed by atoms with Gasteiger partial charge in [0.05, 0.1) is 0 Å². The zero-order chi connectivity index (χ0) is 20.2. The molecule has 0 bridgehead atoms. The van der Waals surface area contributed by atoms with Crippen molar-refractivity contribution in [2.45, 2.75) is 76.5 Å². The van der Waals surface area contributed by atoms with Gasteiger partial charge in [0, 0.05) is 19.1 Å². The molecule has 0 spiro atoms. The van der Waals surface area contributed by atoms with E-state index in [1.165, 1.54) is 32.4 Å². The first-order valence-electron chi connectivity index (χ1n) is 11.2. The highest BCUT2D eigenvalue weighted by atomic mass is 16.7. The van der Waals surface area contributed by atoms with Crippen LogP contribution in [0.2, 0.25) is 0 Å². The van der Waals surface area contributed by atoms with Gasteiger partial charge in [-0.15, -0.1) is 0 Å². The Balaban J connectivity index is 1.23. The average molecular weight is 403 g/mol. The van der Waals surface area contributed by atoms with Crippen LogP contribution in [0, 0.1) is 0 Å². The third kappa shape index (κ3) is 4.97. The fourth-order valence-corrected chi connectivity index (χ4v) is 4.76. The summed E-state index contributed by atoms with van der Waals surface area (Å²) in [6.07, 6.45) is 8.91. The molecule has 1 saturated heterocycles. The minimum Gasteiger partial charge on any atom is -0.454 e. The monoisotopic (exact) mass is 402 g/mol. The van der Waals surface area contributed by atoms with Gasteiger partial charge in [0.1, 0.15) is 6.10 Å². The first-order chi connectivity index (χ1) is 14.1. The first kappa shape index (κ1) is 20.3. The number of likely N-dealkylation sites (tertiary alicyclic amines) is 1. The zero-order valence-electron chi connectivity index (χ0n) is 17.8. The van der Waals surface area contributed by atoms with E-state index >= 15 is 0 Å². The molecular weight excluding hydrogens is 368 g/mol. The van der Waals surface area contributed by atoms with Crippen LogP contribution in [0.15, 0.2) is 18.2 Å². The largest absolute Gasteiger partial charge is 0.454 e. The molecule has 2 fully saturated rings. The van der Waals surface area contributed by atoms with Gasteiger partial charge >= 0.3 is 6.09 Å². The van der Waals surface area contributed by atoms with Gasteiger partial charge in [-0.25, -0.2) is 4.79 Å². The lowest BCUT2D eigenvalue weighted by Gasteiger charge is -2.39. The molecule has 1 aromatic carbocycles. The lowest BCUT2D eigenvalue weighted by Crippen LogP contribution is -2.44. The Morgan fingerprint density at radius 3 is 2.62 bits per heavy atom. The topological polar surface area (TPSA) is 51.2 Å². The van der Waals surface area contributed by atoms with Crippen molar-refractivity contribution in [1.82, 2.24) is 9.80 Å². The molecule has 1 amide bonds. The minimum atomic E-state index is -0.209. The molecule has 6 heteroatoms. The summed E-state index contributed by atoms with van der Waals surface area (Å²) < 4.78 is 16.7. The molecule has 29 heavy (non-hydrogen) atoms. The maximum atomic E-state index is 12.7. The third-order valence-electron chi connectivity index (χ3n) is 6.74. The molecule has 160 valence electrons. The molecule has 2 aliphatic heterocycles. The number of hydrogen-bond donors (Lipinski definition) is 0. The number of benzene rings is 1. The Morgan fingerprint density at radius 2 is 1.86 bits per heavy atom. The lowest BCUT2D eigenvalue weighted by atomic mass is 9.90. The molecular formula is C23H34N2O4.